The normalized spacial score (nSPS) is 20.0. The topological polar surface area (TPSA) is 38.8 Å². The van der Waals surface area contributed by atoms with Crippen molar-refractivity contribution in [3.63, 3.8) is 0 Å². The van der Waals surface area contributed by atoms with Gasteiger partial charge < -0.3 is 10.3 Å². The molecule has 2 aliphatic heterocycles. The molecule has 27 heavy (non-hydrogen) atoms. The van der Waals surface area contributed by atoms with Crippen LogP contribution in [0.4, 0.5) is 10.1 Å². The monoisotopic (exact) mass is 366 g/mol. The summed E-state index contributed by atoms with van der Waals surface area (Å²) in [4.78, 5) is 17.2. The van der Waals surface area contributed by atoms with Gasteiger partial charge in [0.05, 0.1) is 12.6 Å². The summed E-state index contributed by atoms with van der Waals surface area (Å²) in [7, 11) is 0. The van der Waals surface area contributed by atoms with Crippen molar-refractivity contribution >= 4 is 11.6 Å². The zero-order valence-electron chi connectivity index (χ0n) is 15.1. The number of nitrogens with zero attached hydrogens (tertiary/aromatic N) is 3. The summed E-state index contributed by atoms with van der Waals surface area (Å²) in [5.41, 5.74) is 5.18. The van der Waals surface area contributed by atoms with Gasteiger partial charge in [-0.1, -0.05) is 30.3 Å². The summed E-state index contributed by atoms with van der Waals surface area (Å²) in [6.45, 7) is 3.65. The van der Waals surface area contributed by atoms with E-state index in [9.17, 15) is 9.18 Å². The molecule has 1 atom stereocenters. The van der Waals surface area contributed by atoms with Gasteiger partial charge in [-0.25, -0.2) is 9.40 Å². The van der Waals surface area contributed by atoms with E-state index in [1.165, 1.54) is 12.1 Å². The average molecular weight is 366 g/mol. The number of halogens is 1. The number of hydrogen-bond acceptors (Lipinski definition) is 4. The Balaban J connectivity index is 1.32. The van der Waals surface area contributed by atoms with Crippen LogP contribution in [0.15, 0.2) is 66.9 Å². The lowest BCUT2D eigenvalue weighted by molar-refractivity contribution is -0.135. The van der Waals surface area contributed by atoms with Gasteiger partial charge in [0, 0.05) is 38.1 Å². The molecular weight excluding hydrogens is 343 g/mol. The Hall–Kier alpha value is -2.86. The molecule has 0 bridgehead atoms. The largest absolute Gasteiger partial charge is 0.369 e. The van der Waals surface area contributed by atoms with Crippen LogP contribution in [-0.4, -0.2) is 48.5 Å². The third kappa shape index (κ3) is 3.95. The van der Waals surface area contributed by atoms with Crippen LogP contribution >= 0.6 is 0 Å². The molecule has 1 N–H and O–H groups in total. The highest BCUT2D eigenvalue weighted by molar-refractivity contribution is 5.79. The number of nitrogens with one attached hydrogen (secondary N) is 1. The molecule has 0 radical (unpaired) electrons. The maximum Gasteiger partial charge on any atom is 0.255 e. The van der Waals surface area contributed by atoms with Gasteiger partial charge in [0.2, 0.25) is 0 Å². The van der Waals surface area contributed by atoms with Crippen molar-refractivity contribution in [2.45, 2.75) is 6.04 Å². The lowest BCUT2D eigenvalue weighted by Gasteiger charge is -2.36. The van der Waals surface area contributed by atoms with Gasteiger partial charge in [-0.15, -0.1) is 0 Å². The average Bonchev–Trinajstić information content (AvgIpc) is 3.20. The van der Waals surface area contributed by atoms with Gasteiger partial charge in [-0.2, -0.15) is 0 Å². The number of carbonyl (C=O) groups excluding carboxylic acids is 1. The summed E-state index contributed by atoms with van der Waals surface area (Å²) in [5.74, 6) is -0.160. The quantitative estimate of drug-likeness (QED) is 0.903. The van der Waals surface area contributed by atoms with E-state index in [2.05, 4.69) is 15.2 Å². The van der Waals surface area contributed by atoms with Crippen molar-refractivity contribution in [3.05, 3.63) is 78.3 Å². The van der Waals surface area contributed by atoms with Gasteiger partial charge >= 0.3 is 0 Å². The fourth-order valence-electron chi connectivity index (χ4n) is 3.60. The molecule has 0 spiro atoms. The minimum atomic E-state index is -0.220. The molecule has 0 aromatic heterocycles. The molecule has 0 unspecified atom stereocenters. The van der Waals surface area contributed by atoms with E-state index in [0.29, 0.717) is 6.54 Å². The van der Waals surface area contributed by atoms with Crippen LogP contribution in [0.2, 0.25) is 0 Å². The molecule has 2 aromatic rings. The maximum absolute atomic E-state index is 13.1. The zero-order valence-corrected chi connectivity index (χ0v) is 15.1. The molecular formula is C21H23FN4O. The fourth-order valence-corrected chi connectivity index (χ4v) is 3.60. The molecule has 0 saturated carbocycles. The van der Waals surface area contributed by atoms with Crippen LogP contribution in [-0.2, 0) is 4.79 Å². The molecule has 1 amide bonds. The van der Waals surface area contributed by atoms with Gasteiger partial charge in [0.25, 0.3) is 5.91 Å². The predicted octanol–water partition coefficient (Wildman–Crippen LogP) is 2.55. The number of hydrogen-bond donors (Lipinski definition) is 1. The maximum atomic E-state index is 13.1. The Bertz CT molecular complexity index is 801. The summed E-state index contributed by atoms with van der Waals surface area (Å²) in [6.07, 6.45) is 3.82. The highest BCUT2D eigenvalue weighted by Gasteiger charge is 2.28. The lowest BCUT2D eigenvalue weighted by atomic mass is 10.1. The van der Waals surface area contributed by atoms with Crippen molar-refractivity contribution in [3.8, 4) is 0 Å². The van der Waals surface area contributed by atoms with Crippen molar-refractivity contribution in [1.82, 2.24) is 15.3 Å². The number of hydrazine groups is 1. The number of carbonyl (C=O) groups is 1. The minimum Gasteiger partial charge on any atom is -0.369 e. The summed E-state index contributed by atoms with van der Waals surface area (Å²) < 4.78 is 13.1. The number of rotatable bonds is 4. The first-order valence-corrected chi connectivity index (χ1v) is 9.23. The number of benzene rings is 2. The number of piperazine rings is 1. The summed E-state index contributed by atoms with van der Waals surface area (Å²) >= 11 is 0. The molecule has 0 aliphatic carbocycles. The second-order valence-corrected chi connectivity index (χ2v) is 6.85. The van der Waals surface area contributed by atoms with Gasteiger partial charge in [-0.05, 0) is 35.9 Å². The Morgan fingerprint density at radius 1 is 1.00 bits per heavy atom. The van der Waals surface area contributed by atoms with Crippen molar-refractivity contribution in [2.24, 2.45) is 0 Å². The Morgan fingerprint density at radius 2 is 1.70 bits per heavy atom. The molecule has 2 aromatic carbocycles. The van der Waals surface area contributed by atoms with Gasteiger partial charge in [0.15, 0.2) is 0 Å². The molecule has 4 rings (SSSR count). The van der Waals surface area contributed by atoms with Crippen LogP contribution in [0.5, 0.6) is 0 Å². The molecule has 2 aliphatic rings. The highest BCUT2D eigenvalue weighted by Crippen LogP contribution is 2.24. The summed E-state index contributed by atoms with van der Waals surface area (Å²) in [6, 6.07) is 16.5. The first-order chi connectivity index (χ1) is 13.2. The minimum absolute atomic E-state index is 0.0593. The van der Waals surface area contributed by atoms with E-state index in [1.807, 2.05) is 42.6 Å². The van der Waals surface area contributed by atoms with Crippen LogP contribution in [0.1, 0.15) is 11.6 Å². The first-order valence-electron chi connectivity index (χ1n) is 9.23. The molecule has 1 fully saturated rings. The molecule has 6 heteroatoms. The van der Waals surface area contributed by atoms with Crippen molar-refractivity contribution in [1.29, 1.82) is 0 Å². The van der Waals surface area contributed by atoms with E-state index in [4.69, 9.17) is 0 Å². The van der Waals surface area contributed by atoms with E-state index >= 15 is 0 Å². The molecule has 5 nitrogen and oxygen atoms in total. The van der Waals surface area contributed by atoms with Crippen LogP contribution in [0.3, 0.4) is 0 Å². The Labute approximate surface area is 158 Å². The number of amides is 1. The molecule has 1 saturated heterocycles. The van der Waals surface area contributed by atoms with Crippen LogP contribution < -0.4 is 10.3 Å². The Kier molecular flexibility index (Phi) is 5.07. The van der Waals surface area contributed by atoms with Crippen molar-refractivity contribution < 1.29 is 9.18 Å². The number of anilines is 1. The van der Waals surface area contributed by atoms with E-state index in [1.54, 1.807) is 17.1 Å². The van der Waals surface area contributed by atoms with E-state index < -0.39 is 0 Å². The second kappa shape index (κ2) is 7.80. The molecule has 2 heterocycles. The standard InChI is InChI=1S/C21H23FN4O/c22-18-6-8-19(9-7-18)25-14-12-24(13-15-25)16-21(27)26-20(10-11-23-26)17-4-2-1-3-5-17/h1-11,20,23H,12-16H2/t20-/m1/s1. The third-order valence-electron chi connectivity index (χ3n) is 5.10. The zero-order chi connectivity index (χ0) is 18.6. The SMILES string of the molecule is O=C(CN1CCN(c2ccc(F)cc2)CC1)N1NC=C[C@@H]1c1ccccc1. The van der Waals surface area contributed by atoms with Crippen LogP contribution in [0, 0.1) is 5.82 Å². The first kappa shape index (κ1) is 17.5. The highest BCUT2D eigenvalue weighted by atomic mass is 19.1. The fraction of sp³-hybridized carbons (Fsp3) is 0.286. The molecule has 140 valence electrons. The Morgan fingerprint density at radius 3 is 2.41 bits per heavy atom. The third-order valence-corrected chi connectivity index (χ3v) is 5.10. The lowest BCUT2D eigenvalue weighted by Crippen LogP contribution is -2.51. The second-order valence-electron chi connectivity index (χ2n) is 6.85. The summed E-state index contributed by atoms with van der Waals surface area (Å²) in [5, 5.41) is 1.70. The van der Waals surface area contributed by atoms with Crippen LogP contribution in [0.25, 0.3) is 0 Å². The van der Waals surface area contributed by atoms with Gasteiger partial charge in [0.1, 0.15) is 5.82 Å². The smallest absolute Gasteiger partial charge is 0.255 e. The van der Waals surface area contributed by atoms with E-state index in [-0.39, 0.29) is 17.8 Å². The van der Waals surface area contributed by atoms with E-state index in [0.717, 1.165) is 37.4 Å². The van der Waals surface area contributed by atoms with Gasteiger partial charge in [-0.3, -0.25) is 9.69 Å². The predicted molar refractivity (Wildman–Crippen MR) is 103 cm³/mol. The van der Waals surface area contributed by atoms with Crippen molar-refractivity contribution in [2.75, 3.05) is 37.6 Å².